The normalized spacial score (nSPS) is 17.4. The van der Waals surface area contributed by atoms with Crippen LogP contribution in [0, 0.1) is 0 Å². The number of carboxylic acid groups (broad SMARTS) is 1. The molecular formula is C16H23NO2. The molecule has 0 aromatic heterocycles. The summed E-state index contributed by atoms with van der Waals surface area (Å²) in [4.78, 5) is 14.1. The highest BCUT2D eigenvalue weighted by Crippen LogP contribution is 2.45. The van der Waals surface area contributed by atoms with Crippen LogP contribution in [0.1, 0.15) is 45.1 Å². The number of hydrogen-bond acceptors (Lipinski definition) is 2. The van der Waals surface area contributed by atoms with Gasteiger partial charge < -0.3 is 10.0 Å². The summed E-state index contributed by atoms with van der Waals surface area (Å²) in [6.07, 6.45) is 3.55. The number of para-hydroxylation sites is 1. The van der Waals surface area contributed by atoms with E-state index in [9.17, 15) is 9.90 Å². The van der Waals surface area contributed by atoms with E-state index in [-0.39, 0.29) is 0 Å². The Balaban J connectivity index is 2.52. The van der Waals surface area contributed by atoms with Crippen LogP contribution >= 0.6 is 0 Å². The van der Waals surface area contributed by atoms with Crippen molar-refractivity contribution in [3.05, 3.63) is 29.8 Å². The van der Waals surface area contributed by atoms with E-state index < -0.39 is 11.4 Å². The molecule has 0 unspecified atom stereocenters. The van der Waals surface area contributed by atoms with Gasteiger partial charge in [0, 0.05) is 18.8 Å². The topological polar surface area (TPSA) is 40.5 Å². The average Bonchev–Trinajstić information content (AvgIpc) is 2.91. The lowest BCUT2D eigenvalue weighted by atomic mass is 9.78. The minimum atomic E-state index is -0.667. The second kappa shape index (κ2) is 5.64. The van der Waals surface area contributed by atoms with E-state index in [0.29, 0.717) is 0 Å². The van der Waals surface area contributed by atoms with E-state index >= 15 is 0 Å². The van der Waals surface area contributed by atoms with Crippen LogP contribution in [0.25, 0.3) is 0 Å². The molecule has 0 amide bonds. The van der Waals surface area contributed by atoms with Crippen LogP contribution in [-0.4, -0.2) is 24.2 Å². The third kappa shape index (κ3) is 2.34. The van der Waals surface area contributed by atoms with Gasteiger partial charge >= 0.3 is 5.97 Å². The predicted molar refractivity (Wildman–Crippen MR) is 77.8 cm³/mol. The number of rotatable bonds is 5. The summed E-state index contributed by atoms with van der Waals surface area (Å²) in [5.41, 5.74) is 1.43. The fourth-order valence-corrected chi connectivity index (χ4v) is 3.30. The summed E-state index contributed by atoms with van der Waals surface area (Å²) in [7, 11) is 0. The number of hydrogen-bond donors (Lipinski definition) is 1. The lowest BCUT2D eigenvalue weighted by Crippen LogP contribution is -2.35. The van der Waals surface area contributed by atoms with Crippen molar-refractivity contribution in [3.63, 3.8) is 0 Å². The molecule has 1 aliphatic rings. The van der Waals surface area contributed by atoms with E-state index in [1.165, 1.54) is 0 Å². The smallest absolute Gasteiger partial charge is 0.314 e. The predicted octanol–water partition coefficient (Wildman–Crippen LogP) is 3.43. The molecule has 1 aliphatic carbocycles. The van der Waals surface area contributed by atoms with Gasteiger partial charge in [-0.05, 0) is 38.3 Å². The van der Waals surface area contributed by atoms with Crippen molar-refractivity contribution in [1.82, 2.24) is 0 Å². The lowest BCUT2D eigenvalue weighted by molar-refractivity contribution is -0.143. The molecule has 1 N–H and O–H groups in total. The van der Waals surface area contributed by atoms with Crippen LogP contribution in [0.4, 0.5) is 5.69 Å². The summed E-state index contributed by atoms with van der Waals surface area (Å²) in [6, 6.07) is 8.03. The maximum atomic E-state index is 11.9. The van der Waals surface area contributed by atoms with Crippen LogP contribution in [0.2, 0.25) is 0 Å². The fourth-order valence-electron chi connectivity index (χ4n) is 3.30. The SMILES string of the molecule is CCN(CC)c1ccccc1C1(C(=O)O)CCCC1. The summed E-state index contributed by atoms with van der Waals surface area (Å²) >= 11 is 0. The fraction of sp³-hybridized carbons (Fsp3) is 0.562. The van der Waals surface area contributed by atoms with E-state index in [2.05, 4.69) is 24.8 Å². The highest BCUT2D eigenvalue weighted by atomic mass is 16.4. The molecule has 0 heterocycles. The maximum absolute atomic E-state index is 11.9. The highest BCUT2D eigenvalue weighted by molar-refractivity contribution is 5.84. The van der Waals surface area contributed by atoms with Gasteiger partial charge in [0.25, 0.3) is 0 Å². The third-order valence-corrected chi connectivity index (χ3v) is 4.39. The quantitative estimate of drug-likeness (QED) is 0.882. The number of benzene rings is 1. The molecule has 0 spiro atoms. The lowest BCUT2D eigenvalue weighted by Gasteiger charge is -2.32. The number of carboxylic acids is 1. The Hall–Kier alpha value is -1.51. The summed E-state index contributed by atoms with van der Waals surface area (Å²) in [5, 5.41) is 9.75. The Morgan fingerprint density at radius 3 is 2.32 bits per heavy atom. The molecule has 1 saturated carbocycles. The molecular weight excluding hydrogens is 238 g/mol. The largest absolute Gasteiger partial charge is 0.481 e. The Morgan fingerprint density at radius 2 is 1.79 bits per heavy atom. The number of anilines is 1. The van der Waals surface area contributed by atoms with Gasteiger partial charge in [0.05, 0.1) is 5.41 Å². The monoisotopic (exact) mass is 261 g/mol. The van der Waals surface area contributed by atoms with Crippen LogP contribution in [-0.2, 0) is 10.2 Å². The van der Waals surface area contributed by atoms with Gasteiger partial charge in [-0.15, -0.1) is 0 Å². The number of nitrogens with zero attached hydrogens (tertiary/aromatic N) is 1. The molecule has 19 heavy (non-hydrogen) atoms. The first-order chi connectivity index (χ1) is 9.15. The Kier molecular flexibility index (Phi) is 4.13. The van der Waals surface area contributed by atoms with Crippen molar-refractivity contribution in [3.8, 4) is 0 Å². The zero-order valence-electron chi connectivity index (χ0n) is 11.9. The van der Waals surface area contributed by atoms with E-state index in [1.54, 1.807) is 0 Å². The number of carbonyl (C=O) groups is 1. The van der Waals surface area contributed by atoms with Gasteiger partial charge in [0.1, 0.15) is 0 Å². The molecule has 0 saturated heterocycles. The average molecular weight is 261 g/mol. The second-order valence-electron chi connectivity index (χ2n) is 5.28. The molecule has 1 aromatic carbocycles. The zero-order chi connectivity index (χ0) is 13.9. The summed E-state index contributed by atoms with van der Waals surface area (Å²) in [6.45, 7) is 6.04. The summed E-state index contributed by atoms with van der Waals surface area (Å²) < 4.78 is 0. The highest BCUT2D eigenvalue weighted by Gasteiger charge is 2.44. The van der Waals surface area contributed by atoms with Gasteiger partial charge in [-0.1, -0.05) is 31.0 Å². The van der Waals surface area contributed by atoms with E-state index in [4.69, 9.17) is 0 Å². The van der Waals surface area contributed by atoms with Gasteiger partial charge in [0.15, 0.2) is 0 Å². The Bertz CT molecular complexity index is 446. The first kappa shape index (κ1) is 13.9. The Morgan fingerprint density at radius 1 is 1.21 bits per heavy atom. The zero-order valence-corrected chi connectivity index (χ0v) is 11.9. The molecule has 1 aromatic rings. The van der Waals surface area contributed by atoms with Crippen molar-refractivity contribution < 1.29 is 9.90 Å². The van der Waals surface area contributed by atoms with E-state index in [0.717, 1.165) is 50.0 Å². The van der Waals surface area contributed by atoms with Crippen molar-refractivity contribution in [2.75, 3.05) is 18.0 Å². The first-order valence-electron chi connectivity index (χ1n) is 7.23. The molecule has 3 heteroatoms. The van der Waals surface area contributed by atoms with Crippen molar-refractivity contribution in [1.29, 1.82) is 0 Å². The molecule has 0 bridgehead atoms. The van der Waals surface area contributed by atoms with Crippen LogP contribution < -0.4 is 4.90 Å². The van der Waals surface area contributed by atoms with Crippen molar-refractivity contribution >= 4 is 11.7 Å². The molecule has 0 aliphatic heterocycles. The van der Waals surface area contributed by atoms with Crippen LogP contribution in [0.3, 0.4) is 0 Å². The molecule has 0 radical (unpaired) electrons. The first-order valence-corrected chi connectivity index (χ1v) is 7.23. The van der Waals surface area contributed by atoms with E-state index in [1.807, 2.05) is 18.2 Å². The van der Waals surface area contributed by atoms with Gasteiger partial charge in [-0.2, -0.15) is 0 Å². The standard InChI is InChI=1S/C16H23NO2/c1-3-17(4-2)14-10-6-5-9-13(14)16(15(18)19)11-7-8-12-16/h5-6,9-10H,3-4,7-8,11-12H2,1-2H3,(H,18,19). The molecule has 1 fully saturated rings. The minimum Gasteiger partial charge on any atom is -0.481 e. The molecule has 3 nitrogen and oxygen atoms in total. The molecule has 2 rings (SSSR count). The minimum absolute atomic E-state index is 0.662. The van der Waals surface area contributed by atoms with Crippen molar-refractivity contribution in [2.45, 2.75) is 44.9 Å². The van der Waals surface area contributed by atoms with Gasteiger partial charge in [0.2, 0.25) is 0 Å². The Labute approximate surface area is 115 Å². The molecule has 104 valence electrons. The maximum Gasteiger partial charge on any atom is 0.314 e. The molecule has 0 atom stereocenters. The van der Waals surface area contributed by atoms with Crippen molar-refractivity contribution in [2.24, 2.45) is 0 Å². The van der Waals surface area contributed by atoms with Crippen LogP contribution in [0.5, 0.6) is 0 Å². The van der Waals surface area contributed by atoms with Gasteiger partial charge in [-0.3, -0.25) is 4.79 Å². The van der Waals surface area contributed by atoms with Gasteiger partial charge in [-0.25, -0.2) is 0 Å². The number of aliphatic carboxylic acids is 1. The van der Waals surface area contributed by atoms with Crippen LogP contribution in [0.15, 0.2) is 24.3 Å². The third-order valence-electron chi connectivity index (χ3n) is 4.39. The second-order valence-corrected chi connectivity index (χ2v) is 5.28. The summed E-state index contributed by atoms with van der Waals surface area (Å²) in [5.74, 6) is -0.662.